The molecule has 84 valence electrons. The molecule has 0 spiro atoms. The van der Waals surface area contributed by atoms with Crippen molar-refractivity contribution in [3.63, 3.8) is 0 Å². The Morgan fingerprint density at radius 2 is 2.31 bits per heavy atom. The van der Waals surface area contributed by atoms with E-state index in [1.165, 1.54) is 11.0 Å². The molecule has 0 saturated heterocycles. The predicted molar refractivity (Wildman–Crippen MR) is 57.1 cm³/mol. The van der Waals surface area contributed by atoms with Crippen LogP contribution in [0.25, 0.3) is 5.82 Å². The Morgan fingerprint density at radius 3 is 3.00 bits per heavy atom. The van der Waals surface area contributed by atoms with E-state index in [4.69, 9.17) is 10.5 Å². The number of nitrogens with two attached hydrogens (primary N) is 1. The molecule has 2 N–H and O–H groups in total. The maximum absolute atomic E-state index is 5.41. The highest BCUT2D eigenvalue weighted by Gasteiger charge is 2.03. The molecule has 2 rings (SSSR count). The van der Waals surface area contributed by atoms with Crippen LogP contribution in [0.4, 0.5) is 5.95 Å². The Kier molecular flexibility index (Phi) is 2.95. The molecule has 0 bridgehead atoms. The zero-order chi connectivity index (χ0) is 11.4. The monoisotopic (exact) mass is 220 g/mol. The maximum atomic E-state index is 5.41. The lowest BCUT2D eigenvalue weighted by molar-refractivity contribution is 0.303. The van der Waals surface area contributed by atoms with E-state index < -0.39 is 0 Å². The van der Waals surface area contributed by atoms with Gasteiger partial charge >= 0.3 is 0 Å². The van der Waals surface area contributed by atoms with E-state index in [2.05, 4.69) is 20.1 Å². The molecule has 2 aromatic heterocycles. The summed E-state index contributed by atoms with van der Waals surface area (Å²) in [5.41, 5.74) is 5.41. The molecule has 0 saturated carbocycles. The lowest BCUT2D eigenvalue weighted by Crippen LogP contribution is -2.03. The highest BCUT2D eigenvalue weighted by atomic mass is 16.5. The van der Waals surface area contributed by atoms with Crippen LogP contribution < -0.4 is 10.5 Å². The minimum atomic E-state index is 0.196. The van der Waals surface area contributed by atoms with Crippen molar-refractivity contribution in [1.29, 1.82) is 0 Å². The van der Waals surface area contributed by atoms with Gasteiger partial charge in [0.1, 0.15) is 6.33 Å². The third kappa shape index (κ3) is 2.25. The topological polar surface area (TPSA) is 91.7 Å². The molecule has 0 radical (unpaired) electrons. The highest BCUT2D eigenvalue weighted by molar-refractivity contribution is 5.22. The van der Waals surface area contributed by atoms with Gasteiger partial charge in [-0.1, -0.05) is 6.92 Å². The number of nitrogens with zero attached hydrogens (tertiary/aromatic N) is 5. The van der Waals surface area contributed by atoms with Gasteiger partial charge in [0.2, 0.25) is 11.8 Å². The fourth-order valence-electron chi connectivity index (χ4n) is 1.11. The van der Waals surface area contributed by atoms with Crippen LogP contribution in [0.5, 0.6) is 5.88 Å². The molecule has 0 atom stereocenters. The highest BCUT2D eigenvalue weighted by Crippen LogP contribution is 2.08. The zero-order valence-electron chi connectivity index (χ0n) is 8.87. The number of nitrogen functional groups attached to an aromatic ring is 1. The molecule has 7 heteroatoms. The van der Waals surface area contributed by atoms with Gasteiger partial charge in [0.15, 0.2) is 5.82 Å². The van der Waals surface area contributed by atoms with Gasteiger partial charge in [-0.15, -0.1) is 5.10 Å². The van der Waals surface area contributed by atoms with E-state index in [0.29, 0.717) is 18.3 Å². The lowest BCUT2D eigenvalue weighted by Gasteiger charge is -2.04. The van der Waals surface area contributed by atoms with Gasteiger partial charge in [0, 0.05) is 0 Å². The van der Waals surface area contributed by atoms with Gasteiger partial charge in [-0.2, -0.15) is 9.67 Å². The van der Waals surface area contributed by atoms with Crippen molar-refractivity contribution in [2.75, 3.05) is 12.3 Å². The van der Waals surface area contributed by atoms with Crippen LogP contribution in [-0.4, -0.2) is 31.3 Å². The summed E-state index contributed by atoms with van der Waals surface area (Å²) in [6.45, 7) is 2.63. The van der Waals surface area contributed by atoms with Crippen molar-refractivity contribution in [1.82, 2.24) is 24.7 Å². The number of hydrogen-bond donors (Lipinski definition) is 1. The molecular formula is C9H12N6O. The SMILES string of the molecule is CCCOc1cncc(-n2cnc(N)n2)n1. The lowest BCUT2D eigenvalue weighted by atomic mass is 10.5. The van der Waals surface area contributed by atoms with Gasteiger partial charge in [-0.3, -0.25) is 4.98 Å². The predicted octanol–water partition coefficient (Wildman–Crippen LogP) is 0.428. The standard InChI is InChI=1S/C9H12N6O/c1-2-3-16-8-5-11-4-7(13-8)15-6-12-9(10)14-15/h4-6H,2-3H2,1H3,(H2,10,14). The Bertz CT molecular complexity index is 469. The molecule has 0 aliphatic carbocycles. The van der Waals surface area contributed by atoms with Crippen LogP contribution in [0.15, 0.2) is 18.7 Å². The van der Waals surface area contributed by atoms with E-state index in [1.54, 1.807) is 12.4 Å². The molecule has 0 unspecified atom stereocenters. The molecule has 0 aliphatic heterocycles. The zero-order valence-corrected chi connectivity index (χ0v) is 8.87. The number of aromatic nitrogens is 5. The number of ether oxygens (including phenoxy) is 1. The minimum Gasteiger partial charge on any atom is -0.477 e. The molecule has 0 fully saturated rings. The Morgan fingerprint density at radius 1 is 1.44 bits per heavy atom. The second kappa shape index (κ2) is 4.56. The summed E-state index contributed by atoms with van der Waals surface area (Å²) in [6, 6.07) is 0. The summed E-state index contributed by atoms with van der Waals surface area (Å²) in [5, 5.41) is 3.93. The van der Waals surface area contributed by atoms with Crippen molar-refractivity contribution >= 4 is 5.95 Å². The van der Waals surface area contributed by atoms with E-state index in [0.717, 1.165) is 6.42 Å². The normalized spacial score (nSPS) is 10.3. The molecule has 2 aromatic rings. The number of hydrogen-bond acceptors (Lipinski definition) is 6. The first kappa shape index (κ1) is 10.3. The van der Waals surface area contributed by atoms with E-state index >= 15 is 0 Å². The quantitative estimate of drug-likeness (QED) is 0.803. The van der Waals surface area contributed by atoms with Crippen molar-refractivity contribution < 1.29 is 4.74 Å². The first-order valence-corrected chi connectivity index (χ1v) is 4.92. The molecule has 0 aliphatic rings. The number of anilines is 1. The first-order chi connectivity index (χ1) is 7.79. The van der Waals surface area contributed by atoms with Crippen molar-refractivity contribution in [3.05, 3.63) is 18.7 Å². The Labute approximate surface area is 92.3 Å². The molecule has 16 heavy (non-hydrogen) atoms. The van der Waals surface area contributed by atoms with Crippen LogP contribution in [0, 0.1) is 0 Å². The Hall–Kier alpha value is -2.18. The fourth-order valence-corrected chi connectivity index (χ4v) is 1.11. The largest absolute Gasteiger partial charge is 0.477 e. The summed E-state index contributed by atoms with van der Waals surface area (Å²) in [4.78, 5) is 12.0. The van der Waals surface area contributed by atoms with Gasteiger partial charge in [-0.25, -0.2) is 4.98 Å². The summed E-state index contributed by atoms with van der Waals surface area (Å²) in [6.07, 6.45) is 5.51. The van der Waals surface area contributed by atoms with Gasteiger partial charge in [0.25, 0.3) is 0 Å². The molecule has 0 amide bonds. The van der Waals surface area contributed by atoms with Gasteiger partial charge < -0.3 is 10.5 Å². The van der Waals surface area contributed by atoms with E-state index in [1.807, 2.05) is 6.92 Å². The molecule has 0 aromatic carbocycles. The van der Waals surface area contributed by atoms with Crippen LogP contribution >= 0.6 is 0 Å². The van der Waals surface area contributed by atoms with E-state index in [-0.39, 0.29) is 5.95 Å². The van der Waals surface area contributed by atoms with Crippen molar-refractivity contribution in [2.45, 2.75) is 13.3 Å². The second-order valence-electron chi connectivity index (χ2n) is 3.11. The summed E-state index contributed by atoms with van der Waals surface area (Å²) < 4.78 is 6.80. The van der Waals surface area contributed by atoms with Gasteiger partial charge in [-0.05, 0) is 6.42 Å². The molecular weight excluding hydrogens is 208 g/mol. The fraction of sp³-hybridized carbons (Fsp3) is 0.333. The van der Waals surface area contributed by atoms with Crippen LogP contribution in [0.2, 0.25) is 0 Å². The third-order valence-electron chi connectivity index (χ3n) is 1.80. The summed E-state index contributed by atoms with van der Waals surface area (Å²) in [7, 11) is 0. The Balaban J connectivity index is 2.22. The smallest absolute Gasteiger partial charge is 0.239 e. The van der Waals surface area contributed by atoms with E-state index in [9.17, 15) is 0 Å². The van der Waals surface area contributed by atoms with Crippen LogP contribution in [-0.2, 0) is 0 Å². The number of rotatable bonds is 4. The summed E-state index contributed by atoms with van der Waals surface area (Å²) >= 11 is 0. The maximum Gasteiger partial charge on any atom is 0.239 e. The van der Waals surface area contributed by atoms with Gasteiger partial charge in [0.05, 0.1) is 19.0 Å². The third-order valence-corrected chi connectivity index (χ3v) is 1.80. The van der Waals surface area contributed by atoms with Crippen molar-refractivity contribution in [3.8, 4) is 11.7 Å². The summed E-state index contributed by atoms with van der Waals surface area (Å²) in [5.74, 6) is 1.19. The average molecular weight is 220 g/mol. The van der Waals surface area contributed by atoms with Crippen LogP contribution in [0.3, 0.4) is 0 Å². The minimum absolute atomic E-state index is 0.196. The first-order valence-electron chi connectivity index (χ1n) is 4.92. The molecule has 2 heterocycles. The second-order valence-corrected chi connectivity index (χ2v) is 3.11. The molecule has 7 nitrogen and oxygen atoms in total. The average Bonchev–Trinajstić information content (AvgIpc) is 2.74. The van der Waals surface area contributed by atoms with Crippen LogP contribution in [0.1, 0.15) is 13.3 Å². The van der Waals surface area contributed by atoms with Crippen molar-refractivity contribution in [2.24, 2.45) is 0 Å².